The monoisotopic (exact) mass is 389 g/mol. The fraction of sp³-hybridized carbons (Fsp3) is 0.182. The molecule has 0 spiro atoms. The van der Waals surface area contributed by atoms with Crippen LogP contribution in [0.5, 0.6) is 5.75 Å². The molecular weight excluding hydrogens is 370 g/mol. The SMILES string of the molecule is Cc1cc2c(c(=O)n1CCc1ccccc1)[C@H](c1cccs1)C(C#N)=C(N)O2. The molecule has 1 aliphatic heterocycles. The normalized spacial score (nSPS) is 15.6. The second-order valence-corrected chi connectivity index (χ2v) is 7.68. The predicted octanol–water partition coefficient (Wildman–Crippen LogP) is 3.68. The molecule has 0 amide bonds. The van der Waals surface area contributed by atoms with Crippen LogP contribution in [0.15, 0.2) is 70.2 Å². The van der Waals surface area contributed by atoms with Crippen molar-refractivity contribution in [3.8, 4) is 11.8 Å². The molecule has 0 unspecified atom stereocenters. The Balaban J connectivity index is 1.82. The van der Waals surface area contributed by atoms with Crippen molar-refractivity contribution in [2.24, 2.45) is 5.73 Å². The van der Waals surface area contributed by atoms with E-state index in [2.05, 4.69) is 6.07 Å². The number of allylic oxidation sites excluding steroid dienone is 1. The lowest BCUT2D eigenvalue weighted by molar-refractivity contribution is 0.389. The number of ether oxygens (including phenoxy) is 1. The molecule has 6 heteroatoms. The number of rotatable bonds is 4. The number of benzene rings is 1. The van der Waals surface area contributed by atoms with Crippen molar-refractivity contribution in [2.75, 3.05) is 0 Å². The van der Waals surface area contributed by atoms with E-state index >= 15 is 0 Å². The van der Waals surface area contributed by atoms with Gasteiger partial charge in [-0.05, 0) is 30.4 Å². The highest BCUT2D eigenvalue weighted by Gasteiger charge is 2.34. The van der Waals surface area contributed by atoms with Crippen LogP contribution in [0.25, 0.3) is 0 Å². The van der Waals surface area contributed by atoms with Crippen LogP contribution in [-0.2, 0) is 13.0 Å². The lowest BCUT2D eigenvalue weighted by Gasteiger charge is -2.26. The topological polar surface area (TPSA) is 81.0 Å². The molecule has 1 aromatic carbocycles. The second-order valence-electron chi connectivity index (χ2n) is 6.70. The molecule has 28 heavy (non-hydrogen) atoms. The number of hydrogen-bond acceptors (Lipinski definition) is 5. The van der Waals surface area contributed by atoms with Crippen molar-refractivity contribution in [1.29, 1.82) is 5.26 Å². The van der Waals surface area contributed by atoms with Gasteiger partial charge < -0.3 is 15.0 Å². The molecule has 0 radical (unpaired) electrons. The zero-order chi connectivity index (χ0) is 19.7. The fourth-order valence-electron chi connectivity index (χ4n) is 3.59. The number of nitrogens with zero attached hydrogens (tertiary/aromatic N) is 2. The van der Waals surface area contributed by atoms with Crippen molar-refractivity contribution < 1.29 is 4.74 Å². The van der Waals surface area contributed by atoms with E-state index < -0.39 is 5.92 Å². The number of aryl methyl sites for hydroxylation is 2. The van der Waals surface area contributed by atoms with E-state index in [0.29, 0.717) is 17.9 Å². The molecule has 0 saturated carbocycles. The maximum atomic E-state index is 13.4. The largest absolute Gasteiger partial charge is 0.440 e. The number of thiophene rings is 1. The minimum atomic E-state index is -0.496. The van der Waals surface area contributed by atoms with Crippen LogP contribution in [0.3, 0.4) is 0 Å². The summed E-state index contributed by atoms with van der Waals surface area (Å²) in [6.07, 6.45) is 0.744. The summed E-state index contributed by atoms with van der Waals surface area (Å²) >= 11 is 1.50. The van der Waals surface area contributed by atoms with Gasteiger partial charge in [-0.3, -0.25) is 4.79 Å². The van der Waals surface area contributed by atoms with Crippen LogP contribution in [-0.4, -0.2) is 4.57 Å². The van der Waals surface area contributed by atoms with Gasteiger partial charge in [0.1, 0.15) is 17.4 Å². The lowest BCUT2D eigenvalue weighted by Crippen LogP contribution is -2.33. The molecule has 1 aliphatic rings. The Morgan fingerprint density at radius 2 is 2.04 bits per heavy atom. The lowest BCUT2D eigenvalue weighted by atomic mass is 9.88. The molecule has 0 fully saturated rings. The second kappa shape index (κ2) is 7.37. The van der Waals surface area contributed by atoms with Gasteiger partial charge in [-0.15, -0.1) is 11.3 Å². The average molecular weight is 389 g/mol. The van der Waals surface area contributed by atoms with Crippen LogP contribution < -0.4 is 16.0 Å². The molecular formula is C22H19N3O2S. The predicted molar refractivity (Wildman–Crippen MR) is 109 cm³/mol. The van der Waals surface area contributed by atoms with E-state index in [4.69, 9.17) is 10.5 Å². The summed E-state index contributed by atoms with van der Waals surface area (Å²) in [5, 5.41) is 11.6. The van der Waals surface area contributed by atoms with E-state index in [-0.39, 0.29) is 17.0 Å². The molecule has 0 aliphatic carbocycles. The smallest absolute Gasteiger partial charge is 0.258 e. The Hall–Kier alpha value is -3.30. The third-order valence-electron chi connectivity index (χ3n) is 4.98. The molecule has 2 aromatic heterocycles. The van der Waals surface area contributed by atoms with E-state index in [1.54, 1.807) is 4.57 Å². The van der Waals surface area contributed by atoms with Gasteiger partial charge in [0.05, 0.1) is 11.5 Å². The molecule has 5 nitrogen and oxygen atoms in total. The Morgan fingerprint density at radius 1 is 1.25 bits per heavy atom. The highest BCUT2D eigenvalue weighted by atomic mass is 32.1. The van der Waals surface area contributed by atoms with Crippen LogP contribution >= 0.6 is 11.3 Å². The van der Waals surface area contributed by atoms with Crippen molar-refractivity contribution in [3.05, 3.63) is 97.4 Å². The molecule has 0 saturated heterocycles. The van der Waals surface area contributed by atoms with Crippen LogP contribution in [0, 0.1) is 18.3 Å². The molecule has 140 valence electrons. The minimum Gasteiger partial charge on any atom is -0.440 e. The van der Waals surface area contributed by atoms with Crippen molar-refractivity contribution in [1.82, 2.24) is 4.57 Å². The van der Waals surface area contributed by atoms with Gasteiger partial charge >= 0.3 is 0 Å². The first-order valence-electron chi connectivity index (χ1n) is 8.99. The van der Waals surface area contributed by atoms with Crippen molar-refractivity contribution >= 4 is 11.3 Å². The van der Waals surface area contributed by atoms with Gasteiger partial charge in [0.25, 0.3) is 5.56 Å². The number of aromatic nitrogens is 1. The highest BCUT2D eigenvalue weighted by Crippen LogP contribution is 2.41. The standard InChI is InChI=1S/C22H19N3O2S/c1-14-12-17-20(22(26)25(14)10-9-15-6-3-2-4-7-15)19(18-8-5-11-28-18)16(13-23)21(24)27-17/h2-8,11-12,19H,9-10,24H2,1H3/t19-/m0/s1. The summed E-state index contributed by atoms with van der Waals surface area (Å²) in [6, 6.07) is 17.9. The summed E-state index contributed by atoms with van der Waals surface area (Å²) in [7, 11) is 0. The first-order chi connectivity index (χ1) is 13.6. The van der Waals surface area contributed by atoms with E-state index in [0.717, 1.165) is 17.0 Å². The Labute approximate surface area is 166 Å². The maximum absolute atomic E-state index is 13.4. The number of hydrogen-bond donors (Lipinski definition) is 1. The van der Waals surface area contributed by atoms with Crippen LogP contribution in [0.4, 0.5) is 0 Å². The number of fused-ring (bicyclic) bond motifs is 1. The third-order valence-corrected chi connectivity index (χ3v) is 5.92. The maximum Gasteiger partial charge on any atom is 0.258 e. The van der Waals surface area contributed by atoms with E-state index in [1.165, 1.54) is 16.9 Å². The molecule has 3 heterocycles. The highest BCUT2D eigenvalue weighted by molar-refractivity contribution is 7.10. The Kier molecular flexibility index (Phi) is 4.76. The molecule has 0 bridgehead atoms. The first kappa shape index (κ1) is 18.1. The van der Waals surface area contributed by atoms with Crippen molar-refractivity contribution in [2.45, 2.75) is 25.8 Å². The summed E-state index contributed by atoms with van der Waals surface area (Å²) < 4.78 is 7.43. The van der Waals surface area contributed by atoms with E-state index in [9.17, 15) is 10.1 Å². The zero-order valence-corrected chi connectivity index (χ0v) is 16.2. The Bertz CT molecular complexity index is 1140. The quantitative estimate of drug-likeness (QED) is 0.738. The summed E-state index contributed by atoms with van der Waals surface area (Å²) in [5.41, 5.74) is 8.60. The third kappa shape index (κ3) is 3.10. The van der Waals surface area contributed by atoms with Gasteiger partial charge in [0.2, 0.25) is 5.88 Å². The van der Waals surface area contributed by atoms with Gasteiger partial charge in [-0.25, -0.2) is 0 Å². The van der Waals surface area contributed by atoms with Crippen LogP contribution in [0.1, 0.15) is 27.6 Å². The number of pyridine rings is 1. The van der Waals surface area contributed by atoms with Crippen LogP contribution in [0.2, 0.25) is 0 Å². The molecule has 1 atom stereocenters. The van der Waals surface area contributed by atoms with Gasteiger partial charge in [-0.1, -0.05) is 36.4 Å². The molecule has 2 N–H and O–H groups in total. The number of nitriles is 1. The van der Waals surface area contributed by atoms with E-state index in [1.807, 2.05) is 60.8 Å². The summed E-state index contributed by atoms with van der Waals surface area (Å²) in [4.78, 5) is 14.3. The van der Waals surface area contributed by atoms with Crippen molar-refractivity contribution in [3.63, 3.8) is 0 Å². The summed E-state index contributed by atoms with van der Waals surface area (Å²) in [5.74, 6) is 0.00687. The number of nitrogens with two attached hydrogens (primary N) is 1. The van der Waals surface area contributed by atoms with Gasteiger partial charge in [-0.2, -0.15) is 5.26 Å². The summed E-state index contributed by atoms with van der Waals surface area (Å²) in [6.45, 7) is 2.44. The molecule has 4 rings (SSSR count). The molecule has 3 aromatic rings. The first-order valence-corrected chi connectivity index (χ1v) is 9.87. The van der Waals surface area contributed by atoms with Gasteiger partial charge in [0, 0.05) is 23.2 Å². The van der Waals surface area contributed by atoms with Gasteiger partial charge in [0.15, 0.2) is 0 Å². The minimum absolute atomic E-state index is 0.0641. The zero-order valence-electron chi connectivity index (χ0n) is 15.4. The fourth-order valence-corrected chi connectivity index (χ4v) is 4.43. The Morgan fingerprint density at radius 3 is 2.71 bits per heavy atom. The average Bonchev–Trinajstić information content (AvgIpc) is 3.22.